The van der Waals surface area contributed by atoms with Gasteiger partial charge in [0.25, 0.3) is 0 Å². The zero-order valence-electron chi connectivity index (χ0n) is 30.6. The van der Waals surface area contributed by atoms with E-state index in [0.717, 1.165) is 11.4 Å². The summed E-state index contributed by atoms with van der Waals surface area (Å²) in [7, 11) is 0. The second-order valence-electron chi connectivity index (χ2n) is 14.5. The number of rotatable bonds is 6. The maximum atomic E-state index is 2.48. The Kier molecular flexibility index (Phi) is 7.75. The van der Waals surface area contributed by atoms with Crippen LogP contribution in [0.4, 0.5) is 17.1 Å². The third-order valence-corrected chi connectivity index (χ3v) is 12.4. The molecule has 1 heterocycles. The molecule has 10 aromatic carbocycles. The Morgan fingerprint density at radius 2 is 0.857 bits per heavy atom. The van der Waals surface area contributed by atoms with Crippen molar-refractivity contribution in [2.45, 2.75) is 0 Å². The van der Waals surface area contributed by atoms with E-state index in [1.807, 2.05) is 11.3 Å². The normalized spacial score (nSPS) is 11.6. The van der Waals surface area contributed by atoms with E-state index < -0.39 is 0 Å². The van der Waals surface area contributed by atoms with Crippen molar-refractivity contribution in [1.82, 2.24) is 0 Å². The minimum atomic E-state index is 1.11. The molecule has 11 rings (SSSR count). The van der Waals surface area contributed by atoms with Crippen LogP contribution in [-0.4, -0.2) is 0 Å². The number of anilines is 3. The molecule has 262 valence electrons. The van der Waals surface area contributed by atoms with Crippen molar-refractivity contribution >= 4 is 80.9 Å². The predicted octanol–water partition coefficient (Wildman–Crippen LogP) is 16.0. The van der Waals surface area contributed by atoms with Gasteiger partial charge in [0.2, 0.25) is 0 Å². The predicted molar refractivity (Wildman–Crippen MR) is 243 cm³/mol. The third kappa shape index (κ3) is 5.38. The lowest BCUT2D eigenvalue weighted by molar-refractivity contribution is 1.30. The van der Waals surface area contributed by atoms with Gasteiger partial charge in [0, 0.05) is 26.7 Å². The molecule has 0 bridgehead atoms. The summed E-state index contributed by atoms with van der Waals surface area (Å²) < 4.78 is 2.57. The van der Waals surface area contributed by atoms with Gasteiger partial charge in [0.15, 0.2) is 0 Å². The van der Waals surface area contributed by atoms with Crippen LogP contribution in [0.1, 0.15) is 0 Å². The smallest absolute Gasteiger partial charge is 0.0640 e. The van der Waals surface area contributed by atoms with Crippen molar-refractivity contribution < 1.29 is 0 Å². The summed E-state index contributed by atoms with van der Waals surface area (Å²) in [6, 6.07) is 77.8. The first-order valence-corrected chi connectivity index (χ1v) is 20.0. The van der Waals surface area contributed by atoms with Crippen LogP contribution in [-0.2, 0) is 0 Å². The summed E-state index contributed by atoms with van der Waals surface area (Å²) in [5.74, 6) is 0. The second kappa shape index (κ2) is 13.4. The Morgan fingerprint density at radius 1 is 0.304 bits per heavy atom. The Bertz CT molecular complexity index is 3250. The molecule has 0 saturated heterocycles. The van der Waals surface area contributed by atoms with Crippen LogP contribution in [0.3, 0.4) is 0 Å². The van der Waals surface area contributed by atoms with Crippen LogP contribution in [0.15, 0.2) is 212 Å². The molecule has 56 heavy (non-hydrogen) atoms. The Balaban J connectivity index is 1.16. The largest absolute Gasteiger partial charge is 0.308 e. The van der Waals surface area contributed by atoms with Gasteiger partial charge in [-0.15, -0.1) is 11.3 Å². The molecule has 0 N–H and O–H groups in total. The van der Waals surface area contributed by atoms with Crippen molar-refractivity contribution in [2.75, 3.05) is 4.90 Å². The molecule has 0 amide bonds. The molecule has 0 aliphatic rings. The van der Waals surface area contributed by atoms with Gasteiger partial charge < -0.3 is 4.90 Å². The number of hydrogen-bond acceptors (Lipinski definition) is 2. The van der Waals surface area contributed by atoms with Crippen molar-refractivity contribution in [3.8, 4) is 33.4 Å². The fourth-order valence-corrected chi connectivity index (χ4v) is 9.85. The fourth-order valence-electron chi connectivity index (χ4n) is 8.61. The van der Waals surface area contributed by atoms with Crippen molar-refractivity contribution in [2.24, 2.45) is 0 Å². The van der Waals surface area contributed by atoms with E-state index in [9.17, 15) is 0 Å². The summed E-state index contributed by atoms with van der Waals surface area (Å²) >= 11 is 1.88. The minimum Gasteiger partial charge on any atom is -0.308 e. The van der Waals surface area contributed by atoms with Gasteiger partial charge in [-0.2, -0.15) is 0 Å². The monoisotopic (exact) mass is 729 g/mol. The second-order valence-corrected chi connectivity index (χ2v) is 15.5. The van der Waals surface area contributed by atoms with E-state index in [-0.39, 0.29) is 0 Å². The molecule has 1 aromatic heterocycles. The Labute approximate surface area is 330 Å². The molecular formula is C54H35NS. The van der Waals surface area contributed by atoms with Crippen molar-refractivity contribution in [3.05, 3.63) is 212 Å². The van der Waals surface area contributed by atoms with Crippen LogP contribution in [0.5, 0.6) is 0 Å². The molecule has 0 aliphatic carbocycles. The highest BCUT2D eigenvalue weighted by Gasteiger charge is 2.23. The SMILES string of the molecule is c1ccc(-c2ccc(N(c3ccccc3-c3ccccc3-c3cc4ccccc4c4ccccc34)c3cccc4c3sc3cc5ccccc5cc34)cc2)cc1. The molecule has 0 saturated carbocycles. The first kappa shape index (κ1) is 32.4. The lowest BCUT2D eigenvalue weighted by Gasteiger charge is -2.29. The number of nitrogens with zero attached hydrogens (tertiary/aromatic N) is 1. The summed E-state index contributed by atoms with van der Waals surface area (Å²) in [4.78, 5) is 2.48. The maximum absolute atomic E-state index is 2.48. The highest BCUT2D eigenvalue weighted by atomic mass is 32.1. The number of fused-ring (bicyclic) bond motifs is 7. The van der Waals surface area contributed by atoms with Gasteiger partial charge in [-0.05, 0) is 103 Å². The molecule has 0 unspecified atom stereocenters. The quantitative estimate of drug-likeness (QED) is 0.154. The molecule has 11 aromatic rings. The fraction of sp³-hybridized carbons (Fsp3) is 0. The first-order chi connectivity index (χ1) is 27.8. The van der Waals surface area contributed by atoms with Gasteiger partial charge >= 0.3 is 0 Å². The van der Waals surface area contributed by atoms with Crippen molar-refractivity contribution in [1.29, 1.82) is 0 Å². The standard InChI is InChI=1S/C54H35NS/c1-2-15-36(16-3-1)37-29-31-41(32-30-37)55(52-28-14-26-48-50-33-38-17-4-5-18-39(38)35-53(50)56-54(48)52)51-27-13-12-25-47(51)44-22-9-11-24-46(44)49-34-40-19-6-7-20-42(40)43-21-8-10-23-45(43)49/h1-35H. The maximum Gasteiger partial charge on any atom is 0.0640 e. The van der Waals surface area contributed by atoms with E-state index in [1.54, 1.807) is 0 Å². The van der Waals surface area contributed by atoms with E-state index in [2.05, 4.69) is 217 Å². The van der Waals surface area contributed by atoms with Crippen molar-refractivity contribution in [3.63, 3.8) is 0 Å². The number of hydrogen-bond donors (Lipinski definition) is 0. The highest BCUT2D eigenvalue weighted by Crippen LogP contribution is 2.49. The van der Waals surface area contributed by atoms with E-state index >= 15 is 0 Å². The van der Waals surface area contributed by atoms with E-state index in [0.29, 0.717) is 0 Å². The third-order valence-electron chi connectivity index (χ3n) is 11.2. The summed E-state index contributed by atoms with van der Waals surface area (Å²) in [5.41, 5.74) is 10.6. The van der Waals surface area contributed by atoms with Crippen LogP contribution < -0.4 is 4.90 Å². The van der Waals surface area contributed by atoms with E-state index in [1.165, 1.54) is 91.6 Å². The van der Waals surface area contributed by atoms with Crippen LogP contribution in [0, 0.1) is 0 Å². The molecular weight excluding hydrogens is 695 g/mol. The molecule has 0 spiro atoms. The molecule has 0 atom stereocenters. The Hall–Kier alpha value is -7.00. The van der Waals surface area contributed by atoms with Gasteiger partial charge in [0.1, 0.15) is 0 Å². The zero-order chi connectivity index (χ0) is 37.0. The van der Waals surface area contributed by atoms with Gasteiger partial charge in [-0.1, -0.05) is 170 Å². The average molecular weight is 730 g/mol. The summed E-state index contributed by atoms with van der Waals surface area (Å²) in [5, 5.41) is 10.2. The number of thiophene rings is 1. The molecule has 2 heteroatoms. The molecule has 0 radical (unpaired) electrons. The molecule has 0 aliphatic heterocycles. The minimum absolute atomic E-state index is 1.11. The lowest BCUT2D eigenvalue weighted by Crippen LogP contribution is -2.11. The average Bonchev–Trinajstić information content (AvgIpc) is 3.64. The highest BCUT2D eigenvalue weighted by molar-refractivity contribution is 7.26. The van der Waals surface area contributed by atoms with Crippen LogP contribution in [0.2, 0.25) is 0 Å². The van der Waals surface area contributed by atoms with Gasteiger partial charge in [-0.3, -0.25) is 0 Å². The number of benzene rings is 10. The van der Waals surface area contributed by atoms with Gasteiger partial charge in [-0.25, -0.2) is 0 Å². The first-order valence-electron chi connectivity index (χ1n) is 19.2. The van der Waals surface area contributed by atoms with Gasteiger partial charge in [0.05, 0.1) is 16.1 Å². The Morgan fingerprint density at radius 3 is 1.64 bits per heavy atom. The summed E-state index contributed by atoms with van der Waals surface area (Å²) in [6.07, 6.45) is 0. The van der Waals surface area contributed by atoms with E-state index in [4.69, 9.17) is 0 Å². The summed E-state index contributed by atoms with van der Waals surface area (Å²) in [6.45, 7) is 0. The zero-order valence-corrected chi connectivity index (χ0v) is 31.4. The molecule has 1 nitrogen and oxygen atoms in total. The lowest BCUT2D eigenvalue weighted by atomic mass is 9.88. The van der Waals surface area contributed by atoms with Crippen LogP contribution >= 0.6 is 11.3 Å². The number of para-hydroxylation sites is 1. The topological polar surface area (TPSA) is 3.24 Å². The van der Waals surface area contributed by atoms with Crippen LogP contribution in [0.25, 0.3) is 85.9 Å². The molecule has 0 fully saturated rings.